The Hall–Kier alpha value is -7.57. The lowest BCUT2D eigenvalue weighted by molar-refractivity contribution is 0.100. The predicted octanol–water partition coefficient (Wildman–Crippen LogP) is 14.9. The molecule has 14 nitrogen and oxygen atoms in total. The average Bonchev–Trinajstić information content (AvgIpc) is 3.40. The molecule has 376 valence electrons. The zero-order chi connectivity index (χ0) is 51.4. The van der Waals surface area contributed by atoms with Gasteiger partial charge in [-0.2, -0.15) is 0 Å². The lowest BCUT2D eigenvalue weighted by atomic mass is 10.1. The molecule has 0 N–H and O–H groups in total. The summed E-state index contributed by atoms with van der Waals surface area (Å²) in [6.45, 7) is 7.35. The fourth-order valence-corrected chi connectivity index (χ4v) is 10.8. The Bertz CT molecular complexity index is 3130. The topological polar surface area (TPSA) is 145 Å². The molecule has 0 aromatic heterocycles. The van der Waals surface area contributed by atoms with Gasteiger partial charge in [-0.25, -0.2) is 0 Å². The van der Waals surface area contributed by atoms with Crippen LogP contribution in [0, 0.1) is 0 Å². The number of carbonyl (C=O) groups excluding carboxylic acids is 2. The normalized spacial score (nSPS) is 11.0. The summed E-state index contributed by atoms with van der Waals surface area (Å²) in [6, 6.07) is 43.6. The molecule has 0 fully saturated rings. The molecule has 0 unspecified atom stereocenters. The maximum absolute atomic E-state index is 13.1. The lowest BCUT2D eigenvalue weighted by Crippen LogP contribution is -2.08. The van der Waals surface area contributed by atoms with Crippen molar-refractivity contribution in [3.8, 4) is 69.0 Å². The highest BCUT2D eigenvalue weighted by Gasteiger charge is 2.30. The van der Waals surface area contributed by atoms with E-state index >= 15 is 0 Å². The van der Waals surface area contributed by atoms with Gasteiger partial charge >= 0.3 is 17.2 Å². The van der Waals surface area contributed by atoms with Crippen molar-refractivity contribution in [3.63, 3.8) is 0 Å². The molecule has 0 spiro atoms. The van der Waals surface area contributed by atoms with E-state index in [0.29, 0.717) is 80.5 Å². The fourth-order valence-electron chi connectivity index (χ4n) is 7.41. The number of hydrogen-bond acceptors (Lipinski definition) is 15. The minimum Gasteiger partial charge on any atom is -0.497 e. The maximum Gasteiger partial charge on any atom is 0.530 e. The van der Waals surface area contributed by atoms with Gasteiger partial charge in [-0.15, -0.1) is 0 Å². The number of methoxy groups -OCH3 is 4. The van der Waals surface area contributed by atoms with Crippen molar-refractivity contribution >= 4 is 62.1 Å². The molecule has 0 atom stereocenters. The standard InChI is InChI=1S/C56H52O14P2S/c1-9-63-47-29-23-41(61-7)33-53(47)69-72(70-54-34-42(62-8)24-30-48(54)64-10-2)66-50-28-20-38-16-12-14-18-46(38)56(50)73-55-45-17-13-11-15-37(45)19-27-49(55)65-71(67-51-31-39(59-5)21-25-43(51)35(3)57)68-52-32-40(60-6)22-26-44(52)36(4)58/h11-34H,9-10H2,1-8H3. The third-order valence-electron chi connectivity index (χ3n) is 11.0. The summed E-state index contributed by atoms with van der Waals surface area (Å²) >= 11 is 1.38. The van der Waals surface area contributed by atoms with Crippen LogP contribution in [0.15, 0.2) is 155 Å². The molecular formula is C56H52O14P2S. The first kappa shape index (κ1) is 51.8. The van der Waals surface area contributed by atoms with Crippen LogP contribution in [0.4, 0.5) is 0 Å². The molecule has 8 aromatic carbocycles. The second-order valence-electron chi connectivity index (χ2n) is 15.7. The maximum atomic E-state index is 13.1. The van der Waals surface area contributed by atoms with Crippen LogP contribution in [0.2, 0.25) is 0 Å². The molecule has 8 rings (SSSR count). The van der Waals surface area contributed by atoms with Crippen molar-refractivity contribution < 1.29 is 65.2 Å². The fraction of sp³-hybridized carbons (Fsp3) is 0.179. The Morgan fingerprint density at radius 3 is 1.10 bits per heavy atom. The number of fused-ring (bicyclic) bond motifs is 2. The first-order valence-corrected chi connectivity index (χ1v) is 25.9. The Balaban J connectivity index is 1.28. The number of Topliss-reactive ketones (excluding diaryl/α,β-unsaturated/α-hetero) is 2. The monoisotopic (exact) mass is 1040 g/mol. The molecule has 0 radical (unpaired) electrons. The number of rotatable bonds is 24. The molecular weight excluding hydrogens is 991 g/mol. The van der Waals surface area contributed by atoms with Crippen LogP contribution in [-0.4, -0.2) is 53.2 Å². The van der Waals surface area contributed by atoms with Gasteiger partial charge in [0.2, 0.25) is 0 Å². The summed E-state index contributed by atoms with van der Waals surface area (Å²) in [7, 11) is 1.23. The largest absolute Gasteiger partial charge is 0.530 e. The summed E-state index contributed by atoms with van der Waals surface area (Å²) < 4.78 is 74.8. The molecule has 0 bridgehead atoms. The SMILES string of the molecule is CCOc1ccc(OC)cc1OP(Oc1cc(OC)ccc1OCC)Oc1ccc2ccccc2c1Sc1c(OP(Oc2cc(OC)ccc2C(C)=O)Oc2cc(OC)ccc2C(C)=O)ccc2ccccc12. The predicted molar refractivity (Wildman–Crippen MR) is 284 cm³/mol. The highest BCUT2D eigenvalue weighted by Crippen LogP contribution is 2.55. The van der Waals surface area contributed by atoms with Crippen LogP contribution in [0.5, 0.6) is 69.0 Å². The number of ether oxygens (including phenoxy) is 6. The molecule has 0 aliphatic rings. The minimum absolute atomic E-state index is 0.144. The number of ketones is 2. The summed E-state index contributed by atoms with van der Waals surface area (Å²) in [4.78, 5) is 27.4. The Morgan fingerprint density at radius 2 is 0.726 bits per heavy atom. The van der Waals surface area contributed by atoms with E-state index in [-0.39, 0.29) is 34.2 Å². The summed E-state index contributed by atoms with van der Waals surface area (Å²) in [6.07, 6.45) is 0. The Kier molecular flexibility index (Phi) is 17.2. The highest BCUT2D eigenvalue weighted by molar-refractivity contribution is 8.00. The van der Waals surface area contributed by atoms with Crippen molar-refractivity contribution in [1.82, 2.24) is 0 Å². The van der Waals surface area contributed by atoms with Gasteiger partial charge in [0.25, 0.3) is 0 Å². The molecule has 0 amide bonds. The zero-order valence-corrected chi connectivity index (χ0v) is 43.9. The van der Waals surface area contributed by atoms with Gasteiger partial charge in [0, 0.05) is 24.3 Å². The molecule has 0 heterocycles. The van der Waals surface area contributed by atoms with E-state index in [2.05, 4.69) is 0 Å². The van der Waals surface area contributed by atoms with Gasteiger partial charge in [0.05, 0.1) is 62.6 Å². The van der Waals surface area contributed by atoms with E-state index in [1.54, 1.807) is 87.0 Å². The van der Waals surface area contributed by atoms with Crippen LogP contribution in [0.25, 0.3) is 21.5 Å². The lowest BCUT2D eigenvalue weighted by Gasteiger charge is -2.24. The van der Waals surface area contributed by atoms with Crippen LogP contribution in [0.1, 0.15) is 48.4 Å². The van der Waals surface area contributed by atoms with E-state index in [1.807, 2.05) is 86.6 Å². The Labute approximate surface area is 430 Å². The van der Waals surface area contributed by atoms with E-state index < -0.39 is 17.2 Å². The summed E-state index contributed by atoms with van der Waals surface area (Å²) in [5.41, 5.74) is 0.517. The number of hydrogen-bond donors (Lipinski definition) is 0. The summed E-state index contributed by atoms with van der Waals surface area (Å²) in [5.74, 6) is 3.92. The van der Waals surface area contributed by atoms with Crippen molar-refractivity contribution in [3.05, 3.63) is 157 Å². The minimum atomic E-state index is -2.53. The smallest absolute Gasteiger partial charge is 0.497 e. The van der Waals surface area contributed by atoms with Gasteiger partial charge in [0.15, 0.2) is 34.6 Å². The average molecular weight is 1040 g/mol. The number of carbonyl (C=O) groups is 2. The molecule has 8 aromatic rings. The van der Waals surface area contributed by atoms with E-state index in [0.717, 1.165) is 21.5 Å². The molecule has 0 saturated carbocycles. The third-order valence-corrected chi connectivity index (χ3v) is 14.3. The quantitative estimate of drug-likeness (QED) is 0.0418. The van der Waals surface area contributed by atoms with Gasteiger partial charge in [0.1, 0.15) is 46.0 Å². The van der Waals surface area contributed by atoms with Crippen molar-refractivity contribution in [2.24, 2.45) is 0 Å². The molecule has 0 aliphatic heterocycles. The zero-order valence-electron chi connectivity index (χ0n) is 41.3. The van der Waals surface area contributed by atoms with Gasteiger partial charge in [-0.05, 0) is 110 Å². The first-order chi connectivity index (χ1) is 35.5. The first-order valence-electron chi connectivity index (χ1n) is 22.9. The van der Waals surface area contributed by atoms with Crippen LogP contribution in [0.3, 0.4) is 0 Å². The van der Waals surface area contributed by atoms with E-state index in [1.165, 1.54) is 39.8 Å². The van der Waals surface area contributed by atoms with Gasteiger partial charge < -0.3 is 55.6 Å². The number of benzene rings is 8. The highest BCUT2D eigenvalue weighted by atomic mass is 32.2. The molecule has 17 heteroatoms. The van der Waals surface area contributed by atoms with Gasteiger partial charge in [-0.3, -0.25) is 9.59 Å². The molecule has 0 aliphatic carbocycles. The second-order valence-corrected chi connectivity index (χ2v) is 18.7. The van der Waals surface area contributed by atoms with Gasteiger partial charge in [-0.1, -0.05) is 72.4 Å². The van der Waals surface area contributed by atoms with Crippen LogP contribution >= 0.6 is 29.0 Å². The van der Waals surface area contributed by atoms with E-state index in [4.69, 9.17) is 55.6 Å². The van der Waals surface area contributed by atoms with Crippen LogP contribution < -0.4 is 55.6 Å². The summed E-state index contributed by atoms with van der Waals surface area (Å²) in [5, 5.41) is 3.48. The second kappa shape index (κ2) is 24.2. The Morgan fingerprint density at radius 1 is 0.397 bits per heavy atom. The third kappa shape index (κ3) is 12.4. The van der Waals surface area contributed by atoms with Crippen molar-refractivity contribution in [2.45, 2.75) is 37.5 Å². The van der Waals surface area contributed by atoms with Crippen molar-refractivity contribution in [2.75, 3.05) is 41.7 Å². The van der Waals surface area contributed by atoms with Crippen LogP contribution in [-0.2, 0) is 0 Å². The molecule has 0 saturated heterocycles. The van der Waals surface area contributed by atoms with Crippen molar-refractivity contribution in [1.29, 1.82) is 0 Å². The van der Waals surface area contributed by atoms with E-state index in [9.17, 15) is 9.59 Å². The molecule has 73 heavy (non-hydrogen) atoms.